The number of likely N-dealkylation sites (tertiary alicyclic amines) is 2. The zero-order valence-electron chi connectivity index (χ0n) is 28.9. The highest BCUT2D eigenvalue weighted by molar-refractivity contribution is 7.18. The zero-order valence-corrected chi connectivity index (χ0v) is 29.7. The van der Waals surface area contributed by atoms with Crippen molar-refractivity contribution in [3.63, 3.8) is 0 Å². The third-order valence-corrected chi connectivity index (χ3v) is 11.0. The lowest BCUT2D eigenvalue weighted by molar-refractivity contribution is -0.135. The number of carbonyl (C=O) groups excluding carboxylic acids is 3. The predicted octanol–water partition coefficient (Wildman–Crippen LogP) is 7.37. The number of ether oxygens (including phenoxy) is 1. The van der Waals surface area contributed by atoms with Crippen LogP contribution in [0.25, 0.3) is 43.4 Å². The van der Waals surface area contributed by atoms with Gasteiger partial charge in [0, 0.05) is 22.8 Å². The van der Waals surface area contributed by atoms with Gasteiger partial charge in [-0.15, -0.1) is 11.3 Å². The Balaban J connectivity index is 1.01. The number of rotatable bonds is 10. The topological polar surface area (TPSA) is 136 Å². The molecule has 3 amide bonds. The van der Waals surface area contributed by atoms with Crippen LogP contribution in [-0.2, 0) is 14.3 Å². The maximum absolute atomic E-state index is 13.5. The molecule has 51 heavy (non-hydrogen) atoms. The van der Waals surface area contributed by atoms with Crippen LogP contribution in [-0.4, -0.2) is 74.4 Å². The normalized spacial score (nSPS) is 18.0. The van der Waals surface area contributed by atoms with Crippen LogP contribution in [0.3, 0.4) is 0 Å². The number of aromatic nitrogens is 4. The van der Waals surface area contributed by atoms with Crippen LogP contribution in [0.5, 0.6) is 0 Å². The Hall–Kier alpha value is -5.49. The van der Waals surface area contributed by atoms with Gasteiger partial charge in [0.25, 0.3) is 0 Å². The summed E-state index contributed by atoms with van der Waals surface area (Å²) in [6.45, 7) is 9.22. The molecule has 2 aliphatic heterocycles. The molecule has 0 radical (unpaired) electrons. The van der Waals surface area contributed by atoms with Gasteiger partial charge in [0.1, 0.15) is 23.7 Å². The summed E-state index contributed by atoms with van der Waals surface area (Å²) in [7, 11) is 1.30. The van der Waals surface area contributed by atoms with Crippen LogP contribution in [0.4, 0.5) is 4.79 Å². The molecule has 262 valence electrons. The fourth-order valence-electron chi connectivity index (χ4n) is 6.98. The summed E-state index contributed by atoms with van der Waals surface area (Å²) in [6, 6.07) is 20.1. The van der Waals surface area contributed by atoms with Crippen LogP contribution < -0.4 is 5.32 Å². The molecule has 7 rings (SSSR count). The van der Waals surface area contributed by atoms with Gasteiger partial charge in [0.05, 0.1) is 36.9 Å². The lowest BCUT2D eigenvalue weighted by Crippen LogP contribution is -2.51. The van der Waals surface area contributed by atoms with E-state index in [1.54, 1.807) is 16.2 Å². The number of aromatic amines is 2. The van der Waals surface area contributed by atoms with E-state index in [0.717, 1.165) is 76.5 Å². The van der Waals surface area contributed by atoms with Crippen LogP contribution >= 0.6 is 11.3 Å². The standard InChI is InChI=1S/C39H41N7O4S/c1-23(2)34(44-39(49)50-4)38(48)46-18-5-6-31(46)36-40-20-29(42-36)25-7-11-27(12-8-25)32-15-16-33(51-32)28-13-9-26(10-14-28)30-21-41-37(43-30)35-24(3)17-19-45(35)22-47/h7-16,20-23,31,34-35H,3,5-6,17-19H2,1-2,4H3,(H,40,42)(H,41,43)(H,44,49)/t31-,34-,35-/m0/s1. The summed E-state index contributed by atoms with van der Waals surface area (Å²) in [5.74, 6) is 1.26. The molecule has 3 atom stereocenters. The highest BCUT2D eigenvalue weighted by atomic mass is 32.1. The molecular formula is C39H41N7O4S. The van der Waals surface area contributed by atoms with Crippen molar-refractivity contribution in [3.05, 3.63) is 96.9 Å². The van der Waals surface area contributed by atoms with Gasteiger partial charge in [-0.1, -0.05) is 69.0 Å². The molecular weight excluding hydrogens is 663 g/mol. The maximum atomic E-state index is 13.5. The molecule has 12 heteroatoms. The summed E-state index contributed by atoms with van der Waals surface area (Å²) < 4.78 is 4.75. The summed E-state index contributed by atoms with van der Waals surface area (Å²) in [5, 5.41) is 2.70. The van der Waals surface area contributed by atoms with Crippen molar-refractivity contribution < 1.29 is 19.1 Å². The Kier molecular flexibility index (Phi) is 9.59. The molecule has 3 N–H and O–H groups in total. The van der Waals surface area contributed by atoms with Gasteiger partial charge in [-0.05, 0) is 65.1 Å². The second kappa shape index (κ2) is 14.4. The van der Waals surface area contributed by atoms with Gasteiger partial charge < -0.3 is 29.8 Å². The molecule has 2 aromatic carbocycles. The molecule has 11 nitrogen and oxygen atoms in total. The third-order valence-electron chi connectivity index (χ3n) is 9.80. The predicted molar refractivity (Wildman–Crippen MR) is 197 cm³/mol. The molecule has 2 aliphatic rings. The second-order valence-electron chi connectivity index (χ2n) is 13.4. The van der Waals surface area contributed by atoms with E-state index in [1.807, 2.05) is 31.1 Å². The Morgan fingerprint density at radius 1 is 0.902 bits per heavy atom. The zero-order chi connectivity index (χ0) is 35.6. The fraction of sp³-hybridized carbons (Fsp3) is 0.308. The van der Waals surface area contributed by atoms with Crippen molar-refractivity contribution in [1.29, 1.82) is 0 Å². The summed E-state index contributed by atoms with van der Waals surface area (Å²) in [4.78, 5) is 58.9. The van der Waals surface area contributed by atoms with E-state index in [9.17, 15) is 14.4 Å². The largest absolute Gasteiger partial charge is 0.453 e. The molecule has 0 bridgehead atoms. The van der Waals surface area contributed by atoms with Crippen molar-refractivity contribution in [2.24, 2.45) is 5.92 Å². The third kappa shape index (κ3) is 6.83. The van der Waals surface area contributed by atoms with E-state index >= 15 is 0 Å². The summed E-state index contributed by atoms with van der Waals surface area (Å²) in [6.07, 6.45) is 6.34. The first-order valence-electron chi connectivity index (χ1n) is 17.2. The number of thiophene rings is 1. The fourth-order valence-corrected chi connectivity index (χ4v) is 8.00. The first-order chi connectivity index (χ1) is 24.7. The molecule has 2 saturated heterocycles. The van der Waals surface area contributed by atoms with Crippen LogP contribution in [0.2, 0.25) is 0 Å². The van der Waals surface area contributed by atoms with Crippen molar-refractivity contribution in [3.8, 4) is 43.4 Å². The average Bonchev–Trinajstić information content (AvgIpc) is 3.99. The number of nitrogens with zero attached hydrogens (tertiary/aromatic N) is 4. The van der Waals surface area contributed by atoms with E-state index in [2.05, 4.69) is 92.5 Å². The molecule has 0 saturated carbocycles. The molecule has 3 aromatic heterocycles. The van der Waals surface area contributed by atoms with Crippen molar-refractivity contribution >= 4 is 29.7 Å². The minimum Gasteiger partial charge on any atom is -0.453 e. The number of H-pyrrole nitrogens is 2. The van der Waals surface area contributed by atoms with Gasteiger partial charge in [0.15, 0.2) is 0 Å². The summed E-state index contributed by atoms with van der Waals surface area (Å²) >= 11 is 1.74. The molecule has 0 unspecified atom stereocenters. The Labute approximate surface area is 300 Å². The van der Waals surface area contributed by atoms with Crippen LogP contribution in [0, 0.1) is 5.92 Å². The second-order valence-corrected chi connectivity index (χ2v) is 14.5. The quantitative estimate of drug-likeness (QED) is 0.103. The number of carbonyl (C=O) groups is 3. The number of imidazole rings is 2. The molecule has 5 aromatic rings. The van der Waals surface area contributed by atoms with E-state index < -0.39 is 12.1 Å². The number of methoxy groups -OCH3 is 1. The molecule has 2 fully saturated rings. The lowest BCUT2D eigenvalue weighted by atomic mass is 10.0. The van der Waals surface area contributed by atoms with Gasteiger partial charge in [-0.3, -0.25) is 9.59 Å². The van der Waals surface area contributed by atoms with Crippen molar-refractivity contribution in [2.75, 3.05) is 20.2 Å². The number of alkyl carbamates (subject to hydrolysis) is 1. The number of hydrogen-bond acceptors (Lipinski definition) is 7. The number of nitrogens with one attached hydrogen (secondary N) is 3. The first kappa shape index (κ1) is 34.0. The monoisotopic (exact) mass is 703 g/mol. The summed E-state index contributed by atoms with van der Waals surface area (Å²) in [5.41, 5.74) is 7.06. The molecule has 0 aliphatic carbocycles. The highest BCUT2D eigenvalue weighted by Crippen LogP contribution is 2.38. The van der Waals surface area contributed by atoms with Crippen molar-refractivity contribution in [2.45, 2.75) is 51.2 Å². The molecule has 0 spiro atoms. The number of benzene rings is 2. The lowest BCUT2D eigenvalue weighted by Gasteiger charge is -2.30. The average molecular weight is 704 g/mol. The van der Waals surface area contributed by atoms with E-state index in [4.69, 9.17) is 4.74 Å². The SMILES string of the molecule is C=C1CCN(C=O)[C@@H]1c1ncc(-c2ccc(-c3ccc(-c4ccc(-c5cnc([C@@H]6CCCN6C(=O)[C@@H](NC(=O)OC)C(C)C)[nH]5)cc4)s3)cc2)[nH]1. The number of hydrogen-bond donors (Lipinski definition) is 3. The Morgan fingerprint density at radius 3 is 2.04 bits per heavy atom. The Morgan fingerprint density at radius 2 is 1.47 bits per heavy atom. The van der Waals surface area contributed by atoms with Gasteiger partial charge in [-0.2, -0.15) is 0 Å². The van der Waals surface area contributed by atoms with E-state index in [0.29, 0.717) is 13.1 Å². The van der Waals surface area contributed by atoms with Gasteiger partial charge in [0.2, 0.25) is 12.3 Å². The van der Waals surface area contributed by atoms with E-state index in [-0.39, 0.29) is 23.9 Å². The highest BCUT2D eigenvalue weighted by Gasteiger charge is 2.37. The van der Waals surface area contributed by atoms with Crippen LogP contribution in [0.1, 0.15) is 56.8 Å². The maximum Gasteiger partial charge on any atom is 0.407 e. The smallest absolute Gasteiger partial charge is 0.407 e. The molecule has 5 heterocycles. The van der Waals surface area contributed by atoms with Gasteiger partial charge >= 0.3 is 6.09 Å². The number of amides is 3. The first-order valence-corrected chi connectivity index (χ1v) is 18.0. The van der Waals surface area contributed by atoms with Crippen molar-refractivity contribution in [1.82, 2.24) is 35.1 Å². The Bertz CT molecular complexity index is 2050. The minimum absolute atomic E-state index is 0.0914. The van der Waals surface area contributed by atoms with Crippen LogP contribution in [0.15, 0.2) is 85.2 Å². The van der Waals surface area contributed by atoms with E-state index in [1.165, 1.54) is 16.9 Å². The van der Waals surface area contributed by atoms with Gasteiger partial charge in [-0.25, -0.2) is 14.8 Å². The minimum atomic E-state index is -0.673.